The molecule has 1 N–H and O–H groups in total. The lowest BCUT2D eigenvalue weighted by Gasteiger charge is -2.31. The van der Waals surface area contributed by atoms with Crippen molar-refractivity contribution in [1.29, 1.82) is 0 Å². The first kappa shape index (κ1) is 19.6. The van der Waals surface area contributed by atoms with Gasteiger partial charge in [-0.2, -0.15) is 0 Å². The number of allylic oxidation sites excluding steroid dienone is 2. The van der Waals surface area contributed by atoms with Gasteiger partial charge in [-0.25, -0.2) is 8.42 Å². The largest absolute Gasteiger partial charge is 0.352 e. The zero-order chi connectivity index (χ0) is 19.4. The summed E-state index contributed by atoms with van der Waals surface area (Å²) in [4.78, 5) is 27.4. The van der Waals surface area contributed by atoms with Crippen LogP contribution >= 0.6 is 0 Å². The molecule has 146 valence electrons. The highest BCUT2D eigenvalue weighted by Gasteiger charge is 2.37. The van der Waals surface area contributed by atoms with Gasteiger partial charge in [-0.05, 0) is 24.8 Å². The number of hydrogen-bond acceptors (Lipinski definition) is 4. The van der Waals surface area contributed by atoms with Crippen molar-refractivity contribution in [2.75, 3.05) is 18.6 Å². The van der Waals surface area contributed by atoms with Crippen LogP contribution in [-0.4, -0.2) is 49.7 Å². The Labute approximate surface area is 160 Å². The molecule has 1 aromatic rings. The Hall–Kier alpha value is -2.15. The zero-order valence-corrected chi connectivity index (χ0v) is 16.3. The van der Waals surface area contributed by atoms with E-state index < -0.39 is 21.7 Å². The lowest BCUT2D eigenvalue weighted by molar-refractivity contribution is -0.141. The first-order valence-corrected chi connectivity index (χ1v) is 11.1. The molecule has 0 spiro atoms. The molecule has 3 atom stereocenters. The molecule has 1 saturated heterocycles. The summed E-state index contributed by atoms with van der Waals surface area (Å²) in [5.74, 6) is -1.03. The highest BCUT2D eigenvalue weighted by molar-refractivity contribution is 7.91. The van der Waals surface area contributed by atoms with Crippen LogP contribution in [0.5, 0.6) is 0 Å². The molecule has 0 aromatic heterocycles. The predicted molar refractivity (Wildman–Crippen MR) is 103 cm³/mol. The molecule has 0 unspecified atom stereocenters. The minimum absolute atomic E-state index is 0.00613. The van der Waals surface area contributed by atoms with Crippen LogP contribution in [0.15, 0.2) is 42.5 Å². The van der Waals surface area contributed by atoms with Gasteiger partial charge in [-0.3, -0.25) is 9.59 Å². The normalized spacial score (nSPS) is 26.5. The van der Waals surface area contributed by atoms with Crippen molar-refractivity contribution in [2.24, 2.45) is 11.8 Å². The van der Waals surface area contributed by atoms with Gasteiger partial charge in [0.15, 0.2) is 9.84 Å². The molecule has 1 heterocycles. The van der Waals surface area contributed by atoms with Crippen LogP contribution in [0.3, 0.4) is 0 Å². The van der Waals surface area contributed by atoms with Crippen molar-refractivity contribution >= 4 is 21.7 Å². The third-order valence-corrected chi connectivity index (χ3v) is 7.07. The summed E-state index contributed by atoms with van der Waals surface area (Å²) in [6.45, 7) is 0.495. The number of amides is 2. The van der Waals surface area contributed by atoms with Crippen molar-refractivity contribution in [3.05, 3.63) is 48.0 Å². The first-order chi connectivity index (χ1) is 12.9. The number of benzene rings is 1. The average molecular weight is 391 g/mol. The molecule has 0 radical (unpaired) electrons. The standard InChI is InChI=1S/C20H26N2O4S/c1-22(13-15-7-3-2-4-8-15)20(24)18-10-6-5-9-17(18)19(23)21-16-11-12-27(25,26)14-16/h2-8,16-18H,9-14H2,1H3,(H,21,23)/t16-,17-,18-/m1/s1. The zero-order valence-electron chi connectivity index (χ0n) is 15.5. The molecule has 6 nitrogen and oxygen atoms in total. The molecule has 27 heavy (non-hydrogen) atoms. The van der Waals surface area contributed by atoms with Crippen molar-refractivity contribution in [3.8, 4) is 0 Å². The number of carbonyl (C=O) groups is 2. The number of nitrogens with one attached hydrogen (secondary N) is 1. The van der Waals surface area contributed by atoms with Crippen LogP contribution in [0.25, 0.3) is 0 Å². The smallest absolute Gasteiger partial charge is 0.226 e. The molecular weight excluding hydrogens is 364 g/mol. The fraction of sp³-hybridized carbons (Fsp3) is 0.500. The third kappa shape index (κ3) is 4.97. The molecule has 2 aliphatic rings. The van der Waals surface area contributed by atoms with E-state index in [1.165, 1.54) is 0 Å². The van der Waals surface area contributed by atoms with Crippen molar-refractivity contribution in [2.45, 2.75) is 31.8 Å². The van der Waals surface area contributed by atoms with Crippen LogP contribution in [0.2, 0.25) is 0 Å². The van der Waals surface area contributed by atoms with E-state index >= 15 is 0 Å². The van der Waals surface area contributed by atoms with Gasteiger partial charge in [0.1, 0.15) is 0 Å². The Kier molecular flexibility index (Phi) is 5.99. The highest BCUT2D eigenvalue weighted by Crippen LogP contribution is 2.28. The fourth-order valence-corrected chi connectivity index (χ4v) is 5.49. The number of hydrogen-bond donors (Lipinski definition) is 1. The van der Waals surface area contributed by atoms with Crippen molar-refractivity contribution < 1.29 is 18.0 Å². The Balaban J connectivity index is 1.64. The van der Waals surface area contributed by atoms with Crippen molar-refractivity contribution in [1.82, 2.24) is 10.2 Å². The second kappa shape index (κ2) is 8.25. The second-order valence-corrected chi connectivity index (χ2v) is 9.67. The molecule has 1 aliphatic heterocycles. The van der Waals surface area contributed by atoms with Crippen LogP contribution < -0.4 is 5.32 Å². The lowest BCUT2D eigenvalue weighted by atomic mass is 9.81. The lowest BCUT2D eigenvalue weighted by Crippen LogP contribution is -2.46. The van der Waals surface area contributed by atoms with Gasteiger partial charge in [0.25, 0.3) is 0 Å². The van der Waals surface area contributed by atoms with E-state index in [1.54, 1.807) is 11.9 Å². The van der Waals surface area contributed by atoms with Gasteiger partial charge in [0, 0.05) is 19.6 Å². The van der Waals surface area contributed by atoms with E-state index in [2.05, 4.69) is 5.32 Å². The molecule has 2 amide bonds. The van der Waals surface area contributed by atoms with Crippen LogP contribution in [-0.2, 0) is 26.0 Å². The minimum Gasteiger partial charge on any atom is -0.352 e. The molecule has 0 saturated carbocycles. The maximum Gasteiger partial charge on any atom is 0.226 e. The Bertz CT molecular complexity index is 820. The Morgan fingerprint density at radius 3 is 2.41 bits per heavy atom. The summed E-state index contributed by atoms with van der Waals surface area (Å²) < 4.78 is 23.2. The van der Waals surface area contributed by atoms with E-state index in [9.17, 15) is 18.0 Å². The quantitative estimate of drug-likeness (QED) is 0.773. The first-order valence-electron chi connectivity index (χ1n) is 9.30. The van der Waals surface area contributed by atoms with Crippen LogP contribution in [0.4, 0.5) is 0 Å². The highest BCUT2D eigenvalue weighted by atomic mass is 32.2. The molecule has 3 rings (SSSR count). The summed E-state index contributed by atoms with van der Waals surface area (Å²) in [6.07, 6.45) is 5.35. The van der Waals surface area contributed by atoms with E-state index in [0.717, 1.165) is 5.56 Å². The summed E-state index contributed by atoms with van der Waals surface area (Å²) >= 11 is 0. The predicted octanol–water partition coefficient (Wildman–Crippen LogP) is 1.53. The third-order valence-electron chi connectivity index (χ3n) is 5.30. The minimum atomic E-state index is -3.05. The summed E-state index contributed by atoms with van der Waals surface area (Å²) in [7, 11) is -1.30. The van der Waals surface area contributed by atoms with E-state index in [4.69, 9.17) is 0 Å². The fourth-order valence-electron chi connectivity index (χ4n) is 3.81. The van der Waals surface area contributed by atoms with Crippen LogP contribution in [0, 0.1) is 11.8 Å². The molecular formula is C20H26N2O4S. The van der Waals surface area contributed by atoms with Gasteiger partial charge >= 0.3 is 0 Å². The molecule has 7 heteroatoms. The molecule has 1 fully saturated rings. The SMILES string of the molecule is CN(Cc1ccccc1)C(=O)[C@@H]1CC=CC[C@H]1C(=O)N[C@@H]1CCS(=O)(=O)C1. The van der Waals surface area contributed by atoms with Crippen molar-refractivity contribution in [3.63, 3.8) is 0 Å². The van der Waals surface area contributed by atoms with E-state index in [-0.39, 0.29) is 29.4 Å². The Morgan fingerprint density at radius 1 is 1.11 bits per heavy atom. The number of sulfone groups is 1. The monoisotopic (exact) mass is 390 g/mol. The van der Waals surface area contributed by atoms with E-state index in [0.29, 0.717) is 25.8 Å². The maximum absolute atomic E-state index is 13.0. The van der Waals surface area contributed by atoms with Crippen LogP contribution in [0.1, 0.15) is 24.8 Å². The number of rotatable bonds is 5. The van der Waals surface area contributed by atoms with E-state index in [1.807, 2.05) is 42.5 Å². The average Bonchev–Trinajstić information content (AvgIpc) is 3.00. The second-order valence-electron chi connectivity index (χ2n) is 7.44. The molecule has 0 bridgehead atoms. The number of nitrogens with zero attached hydrogens (tertiary/aromatic N) is 1. The van der Waals surface area contributed by atoms with Gasteiger partial charge in [0.05, 0.1) is 23.3 Å². The molecule has 1 aliphatic carbocycles. The summed E-state index contributed by atoms with van der Waals surface area (Å²) in [6, 6.07) is 9.39. The van der Waals surface area contributed by atoms with Gasteiger partial charge in [-0.1, -0.05) is 42.5 Å². The summed E-state index contributed by atoms with van der Waals surface area (Å²) in [5.41, 5.74) is 1.04. The number of carbonyl (C=O) groups excluding carboxylic acids is 2. The summed E-state index contributed by atoms with van der Waals surface area (Å²) in [5, 5.41) is 2.85. The van der Waals surface area contributed by atoms with Gasteiger partial charge < -0.3 is 10.2 Å². The molecule has 1 aromatic carbocycles. The maximum atomic E-state index is 13.0. The Morgan fingerprint density at radius 2 is 1.78 bits per heavy atom. The topological polar surface area (TPSA) is 83.6 Å². The van der Waals surface area contributed by atoms with Gasteiger partial charge in [0.2, 0.25) is 11.8 Å². The van der Waals surface area contributed by atoms with Gasteiger partial charge in [-0.15, -0.1) is 0 Å².